The summed E-state index contributed by atoms with van der Waals surface area (Å²) >= 11 is 0. The smallest absolute Gasteiger partial charge is 0.343 e. The van der Waals surface area contributed by atoms with Gasteiger partial charge in [-0.2, -0.15) is 0 Å². The molecular weight excluding hydrogens is 292 g/mol. The second-order valence-electron chi connectivity index (χ2n) is 5.51. The van der Waals surface area contributed by atoms with E-state index in [-0.39, 0.29) is 5.56 Å². The summed E-state index contributed by atoms with van der Waals surface area (Å²) in [6, 6.07) is 9.44. The zero-order chi connectivity index (χ0) is 16.7. The third kappa shape index (κ3) is 4.15. The topological polar surface area (TPSA) is 55.8 Å². The van der Waals surface area contributed by atoms with E-state index in [1.165, 1.54) is 0 Å². The monoisotopic (exact) mass is 316 g/mol. The molecule has 2 aromatic carbocycles. The molecule has 1 N–H and O–H groups in total. The highest BCUT2D eigenvalue weighted by atomic mass is 16.5. The summed E-state index contributed by atoms with van der Waals surface area (Å²) in [7, 11) is 0. The van der Waals surface area contributed by atoms with Gasteiger partial charge in [-0.1, -0.05) is 51.0 Å². The van der Waals surface area contributed by atoms with Crippen LogP contribution in [0.1, 0.15) is 49.9 Å². The number of ether oxygens (including phenoxy) is 2. The van der Waals surface area contributed by atoms with Crippen LogP contribution in [0.3, 0.4) is 0 Å². The van der Waals surface area contributed by atoms with Crippen molar-refractivity contribution in [3.63, 3.8) is 0 Å². The van der Waals surface area contributed by atoms with Crippen LogP contribution in [0.4, 0.5) is 0 Å². The second kappa shape index (κ2) is 8.42. The van der Waals surface area contributed by atoms with Gasteiger partial charge in [0.2, 0.25) is 0 Å². The Hall–Kier alpha value is -2.23. The van der Waals surface area contributed by atoms with E-state index in [1.54, 1.807) is 6.07 Å². The lowest BCUT2D eigenvalue weighted by molar-refractivity contribution is 0.0687. The van der Waals surface area contributed by atoms with E-state index < -0.39 is 5.97 Å². The van der Waals surface area contributed by atoms with E-state index in [9.17, 15) is 9.90 Å². The second-order valence-corrected chi connectivity index (χ2v) is 5.51. The van der Waals surface area contributed by atoms with Crippen LogP contribution in [0.25, 0.3) is 10.8 Å². The standard InChI is InChI=1S/C19H24O4/c1-3-5-11-22-16-13-14-9-7-8-10-15(14)18(17(16)19(20)21)23-12-6-4-2/h7-10,13H,3-6,11-12H2,1-2H3,(H,20,21). The maximum atomic E-state index is 11.8. The molecule has 0 atom stereocenters. The number of hydrogen-bond donors (Lipinski definition) is 1. The maximum Gasteiger partial charge on any atom is 0.343 e. The molecule has 0 aliphatic heterocycles. The number of hydrogen-bond acceptors (Lipinski definition) is 3. The molecule has 23 heavy (non-hydrogen) atoms. The van der Waals surface area contributed by atoms with E-state index in [0.29, 0.717) is 24.7 Å². The van der Waals surface area contributed by atoms with Gasteiger partial charge in [-0.25, -0.2) is 4.79 Å². The number of benzene rings is 2. The summed E-state index contributed by atoms with van der Waals surface area (Å²) < 4.78 is 11.6. The third-order valence-corrected chi connectivity index (χ3v) is 3.68. The van der Waals surface area contributed by atoms with Crippen LogP contribution in [-0.4, -0.2) is 24.3 Å². The van der Waals surface area contributed by atoms with E-state index in [1.807, 2.05) is 24.3 Å². The van der Waals surface area contributed by atoms with Gasteiger partial charge in [0.15, 0.2) is 0 Å². The van der Waals surface area contributed by atoms with Gasteiger partial charge >= 0.3 is 5.97 Å². The molecule has 0 aliphatic carbocycles. The van der Waals surface area contributed by atoms with Crippen LogP contribution >= 0.6 is 0 Å². The molecule has 0 unspecified atom stereocenters. The summed E-state index contributed by atoms with van der Waals surface area (Å²) in [5.74, 6) is -0.222. The molecule has 0 heterocycles. The Morgan fingerprint density at radius 2 is 1.70 bits per heavy atom. The number of unbranched alkanes of at least 4 members (excludes halogenated alkanes) is 2. The molecule has 124 valence electrons. The lowest BCUT2D eigenvalue weighted by atomic mass is 10.0. The van der Waals surface area contributed by atoms with Crippen LogP contribution in [0.2, 0.25) is 0 Å². The summed E-state index contributed by atoms with van der Waals surface area (Å²) in [5, 5.41) is 11.4. The molecule has 0 spiro atoms. The van der Waals surface area contributed by atoms with Gasteiger partial charge in [0.25, 0.3) is 0 Å². The number of carboxylic acid groups (broad SMARTS) is 1. The quantitative estimate of drug-likeness (QED) is 0.669. The average molecular weight is 316 g/mol. The fourth-order valence-electron chi connectivity index (χ4n) is 2.40. The first-order chi connectivity index (χ1) is 11.2. The summed E-state index contributed by atoms with van der Waals surface area (Å²) in [6.45, 7) is 5.15. The van der Waals surface area contributed by atoms with Crippen molar-refractivity contribution in [3.8, 4) is 11.5 Å². The zero-order valence-electron chi connectivity index (χ0n) is 13.8. The fraction of sp³-hybridized carbons (Fsp3) is 0.421. The Labute approximate surface area is 137 Å². The fourth-order valence-corrected chi connectivity index (χ4v) is 2.40. The van der Waals surface area contributed by atoms with Crippen molar-refractivity contribution in [2.75, 3.05) is 13.2 Å². The van der Waals surface area contributed by atoms with E-state index in [0.717, 1.165) is 36.5 Å². The number of fused-ring (bicyclic) bond motifs is 1. The van der Waals surface area contributed by atoms with Gasteiger partial charge in [-0.05, 0) is 24.3 Å². The molecule has 0 radical (unpaired) electrons. The molecule has 2 rings (SSSR count). The predicted octanol–water partition coefficient (Wildman–Crippen LogP) is 4.90. The van der Waals surface area contributed by atoms with Crippen LogP contribution in [-0.2, 0) is 0 Å². The van der Waals surface area contributed by atoms with Gasteiger partial charge in [-0.3, -0.25) is 0 Å². The SMILES string of the molecule is CCCCOc1cc2ccccc2c(OCCCC)c1C(=O)O. The van der Waals surface area contributed by atoms with Crippen molar-refractivity contribution in [1.29, 1.82) is 0 Å². The predicted molar refractivity (Wildman–Crippen MR) is 91.7 cm³/mol. The minimum Gasteiger partial charge on any atom is -0.493 e. The molecular formula is C19H24O4. The van der Waals surface area contributed by atoms with Crippen LogP contribution in [0, 0.1) is 0 Å². The summed E-state index contributed by atoms with van der Waals surface area (Å²) in [4.78, 5) is 11.8. The van der Waals surface area contributed by atoms with Crippen molar-refractivity contribution >= 4 is 16.7 Å². The Kier molecular flexibility index (Phi) is 6.27. The first-order valence-corrected chi connectivity index (χ1v) is 8.23. The Balaban J connectivity index is 2.50. The number of aromatic carboxylic acids is 1. The lowest BCUT2D eigenvalue weighted by Gasteiger charge is -2.16. The van der Waals surface area contributed by atoms with Crippen molar-refractivity contribution < 1.29 is 19.4 Å². The van der Waals surface area contributed by atoms with Crippen molar-refractivity contribution in [2.45, 2.75) is 39.5 Å². The van der Waals surface area contributed by atoms with E-state index in [2.05, 4.69) is 13.8 Å². The lowest BCUT2D eigenvalue weighted by Crippen LogP contribution is -2.09. The molecule has 0 fully saturated rings. The molecule has 0 saturated carbocycles. The molecule has 0 aromatic heterocycles. The van der Waals surface area contributed by atoms with E-state index >= 15 is 0 Å². The minimum absolute atomic E-state index is 0.121. The Morgan fingerprint density at radius 1 is 1.04 bits per heavy atom. The van der Waals surface area contributed by atoms with Gasteiger partial charge < -0.3 is 14.6 Å². The summed E-state index contributed by atoms with van der Waals surface area (Å²) in [5.41, 5.74) is 0.121. The van der Waals surface area contributed by atoms with Crippen molar-refractivity contribution in [1.82, 2.24) is 0 Å². The molecule has 0 bridgehead atoms. The molecule has 2 aromatic rings. The first-order valence-electron chi connectivity index (χ1n) is 8.23. The Bertz CT molecular complexity index is 664. The molecule has 0 amide bonds. The van der Waals surface area contributed by atoms with Crippen LogP contribution < -0.4 is 9.47 Å². The highest BCUT2D eigenvalue weighted by Gasteiger charge is 2.21. The largest absolute Gasteiger partial charge is 0.493 e. The van der Waals surface area contributed by atoms with Crippen LogP contribution in [0.5, 0.6) is 11.5 Å². The first kappa shape index (κ1) is 17.1. The molecule has 0 aliphatic rings. The van der Waals surface area contributed by atoms with E-state index in [4.69, 9.17) is 9.47 Å². The number of carbonyl (C=O) groups is 1. The average Bonchev–Trinajstić information content (AvgIpc) is 2.54. The molecule has 0 saturated heterocycles. The van der Waals surface area contributed by atoms with Gasteiger partial charge in [0.05, 0.1) is 13.2 Å². The maximum absolute atomic E-state index is 11.8. The van der Waals surface area contributed by atoms with Crippen molar-refractivity contribution in [2.24, 2.45) is 0 Å². The summed E-state index contributed by atoms with van der Waals surface area (Å²) in [6.07, 6.45) is 3.76. The molecule has 4 heteroatoms. The normalized spacial score (nSPS) is 10.7. The van der Waals surface area contributed by atoms with Crippen molar-refractivity contribution in [3.05, 3.63) is 35.9 Å². The third-order valence-electron chi connectivity index (χ3n) is 3.68. The Morgan fingerprint density at radius 3 is 2.35 bits per heavy atom. The van der Waals surface area contributed by atoms with Gasteiger partial charge in [0, 0.05) is 5.39 Å². The highest BCUT2D eigenvalue weighted by Crippen LogP contribution is 2.37. The van der Waals surface area contributed by atoms with Gasteiger partial charge in [-0.15, -0.1) is 0 Å². The van der Waals surface area contributed by atoms with Gasteiger partial charge in [0.1, 0.15) is 17.1 Å². The number of carboxylic acids is 1. The number of rotatable bonds is 9. The minimum atomic E-state index is -1.02. The zero-order valence-corrected chi connectivity index (χ0v) is 13.8. The van der Waals surface area contributed by atoms with Crippen LogP contribution in [0.15, 0.2) is 30.3 Å². The molecule has 4 nitrogen and oxygen atoms in total. The highest BCUT2D eigenvalue weighted by molar-refractivity contribution is 6.03.